The van der Waals surface area contributed by atoms with Crippen molar-refractivity contribution in [2.75, 3.05) is 0 Å². The van der Waals surface area contributed by atoms with E-state index in [4.69, 9.17) is 28.3 Å². The van der Waals surface area contributed by atoms with E-state index in [1.54, 1.807) is 24.8 Å². The SMILES string of the molecule is O=S(=O)(O)C(F)(F)F.O=[N+]([O-])[O-].[Pd].c1cc([B-](c2ccn[nH]2)(c2ccn[nH]2)c2ccn[nH]2)[nH]n1. The second-order valence-electron chi connectivity index (χ2n) is 6.06. The summed E-state index contributed by atoms with van der Waals surface area (Å²) in [6.45, 7) is 0. The molecule has 5 N–H and O–H groups in total. The van der Waals surface area contributed by atoms with Crippen molar-refractivity contribution in [3.8, 4) is 0 Å². The third-order valence-corrected chi connectivity index (χ3v) is 4.83. The number of aromatic amines is 4. The molecule has 15 nitrogen and oxygen atoms in total. The average Bonchev–Trinajstić information content (AvgIpc) is 3.49. The summed E-state index contributed by atoms with van der Waals surface area (Å²) in [5.41, 5.74) is -1.78. The maximum absolute atomic E-state index is 10.7. The third-order valence-electron chi connectivity index (χ3n) is 4.25. The minimum Gasteiger partial charge on any atom is -0.356 e. The van der Waals surface area contributed by atoms with Gasteiger partial charge in [0, 0.05) is 45.2 Å². The number of nitrogens with one attached hydrogen (secondary N) is 4. The van der Waals surface area contributed by atoms with Gasteiger partial charge >= 0.3 is 15.6 Å². The zero-order valence-corrected chi connectivity index (χ0v) is 18.7. The van der Waals surface area contributed by atoms with Crippen LogP contribution in [0.4, 0.5) is 13.2 Å². The van der Waals surface area contributed by atoms with Crippen molar-refractivity contribution in [1.29, 1.82) is 0 Å². The normalized spacial score (nSPS) is 11.3. The van der Waals surface area contributed by atoms with E-state index in [9.17, 15) is 13.2 Å². The van der Waals surface area contributed by atoms with Gasteiger partial charge in [-0.05, 0) is 0 Å². The van der Waals surface area contributed by atoms with Crippen molar-refractivity contribution in [1.82, 2.24) is 40.8 Å². The quantitative estimate of drug-likeness (QED) is 0.0576. The Morgan fingerprint density at radius 3 is 1.12 bits per heavy atom. The Labute approximate surface area is 201 Å². The number of alkyl halides is 3. The van der Waals surface area contributed by atoms with Crippen LogP contribution in [0.3, 0.4) is 0 Å². The van der Waals surface area contributed by atoms with Crippen LogP contribution in [0.15, 0.2) is 49.1 Å². The average molecular weight is 598 g/mol. The third kappa shape index (κ3) is 6.50. The summed E-state index contributed by atoms with van der Waals surface area (Å²) in [5, 5.41) is 43.5. The van der Waals surface area contributed by atoms with E-state index in [1.807, 2.05) is 24.3 Å². The van der Waals surface area contributed by atoms with Gasteiger partial charge in [-0.1, -0.05) is 24.3 Å². The van der Waals surface area contributed by atoms with Crippen LogP contribution in [0.2, 0.25) is 0 Å². The summed E-state index contributed by atoms with van der Waals surface area (Å²) in [4.78, 5) is 8.25. The van der Waals surface area contributed by atoms with E-state index >= 15 is 0 Å². The van der Waals surface area contributed by atoms with Gasteiger partial charge in [0.15, 0.2) is 6.15 Å². The molecule has 4 rings (SSSR count). The fourth-order valence-corrected chi connectivity index (χ4v) is 3.04. The van der Waals surface area contributed by atoms with Crippen LogP contribution in [-0.4, -0.2) is 70.5 Å². The second-order valence-corrected chi connectivity index (χ2v) is 7.47. The Bertz CT molecular complexity index is 1070. The smallest absolute Gasteiger partial charge is 0.356 e. The number of nitrogens with zero attached hydrogens (tertiary/aromatic N) is 5. The van der Waals surface area contributed by atoms with Crippen molar-refractivity contribution in [3.63, 3.8) is 0 Å². The van der Waals surface area contributed by atoms with E-state index in [-0.39, 0.29) is 20.4 Å². The molecule has 0 saturated carbocycles. The van der Waals surface area contributed by atoms with Gasteiger partial charge in [-0.3, -0.25) is 4.55 Å². The van der Waals surface area contributed by atoms with Crippen LogP contribution < -0.4 is 22.4 Å². The van der Waals surface area contributed by atoms with Crippen molar-refractivity contribution < 1.29 is 51.7 Å². The van der Waals surface area contributed by atoms with Gasteiger partial charge in [0.25, 0.3) is 0 Å². The van der Waals surface area contributed by atoms with Crippen LogP contribution in [-0.2, 0) is 30.5 Å². The maximum Gasteiger partial charge on any atom is 0.522 e. The first-order valence-electron chi connectivity index (χ1n) is 8.40. The number of halogens is 3. The number of aromatic nitrogens is 8. The monoisotopic (exact) mass is 597 g/mol. The molecule has 0 atom stereocenters. The van der Waals surface area contributed by atoms with Gasteiger partial charge in [0.05, 0.1) is 5.09 Å². The predicted octanol–water partition coefficient (Wildman–Crippen LogP) is -1.89. The molecule has 0 saturated heterocycles. The molecule has 188 valence electrons. The molecule has 0 aliphatic rings. The number of hydrogen-bond donors (Lipinski definition) is 5. The molecule has 0 radical (unpaired) electrons. The summed E-state index contributed by atoms with van der Waals surface area (Å²) in [5.74, 6) is 0. The molecule has 0 aromatic carbocycles. The number of rotatable bonds is 4. The molecule has 0 fully saturated rings. The minimum absolute atomic E-state index is 0. The summed E-state index contributed by atoms with van der Waals surface area (Å²) >= 11 is 0. The van der Waals surface area contributed by atoms with Crippen LogP contribution >= 0.6 is 0 Å². The summed E-state index contributed by atoms with van der Waals surface area (Å²) < 4.78 is 57.5. The van der Waals surface area contributed by atoms with Crippen molar-refractivity contribution in [2.24, 2.45) is 0 Å². The molecule has 0 amide bonds. The summed E-state index contributed by atoms with van der Waals surface area (Å²) in [6.07, 6.45) is 5.40. The van der Waals surface area contributed by atoms with E-state index in [0.29, 0.717) is 0 Å². The first kappa shape index (κ1) is 28.5. The molecule has 4 aromatic heterocycles. The van der Waals surface area contributed by atoms with Gasteiger partial charge in [-0.15, -0.1) is 22.4 Å². The van der Waals surface area contributed by atoms with Crippen LogP contribution in [0.5, 0.6) is 0 Å². The standard InChI is InChI=1S/C12H12BN8.CHF3O3S.NO3.Pd/c1-5-14-18-9(1)13(10-2-6-15-19-10,11-3-7-16-20-11)12-4-8-17-21-12;2-1(3,4)8(5,6)7;2-1(3)4;/h1-8H,(H,14,18)(H,15,19)(H,16,20)(H,17,21);(H,5,6,7);;/q-1;;-1;. The van der Waals surface area contributed by atoms with Crippen molar-refractivity contribution in [3.05, 3.63) is 64.4 Å². The summed E-state index contributed by atoms with van der Waals surface area (Å²) in [6, 6.07) is 7.79. The topological polar surface area (TPSA) is 235 Å². The molecule has 34 heavy (non-hydrogen) atoms. The molecule has 0 aliphatic heterocycles. The zero-order chi connectivity index (χ0) is 24.7. The molecular weight excluding hydrogens is 584 g/mol. The van der Waals surface area contributed by atoms with Gasteiger partial charge in [-0.2, -0.15) is 42.0 Å². The van der Waals surface area contributed by atoms with Crippen molar-refractivity contribution in [2.45, 2.75) is 5.51 Å². The van der Waals surface area contributed by atoms with E-state index in [2.05, 4.69) is 40.8 Å². The van der Waals surface area contributed by atoms with Crippen LogP contribution in [0, 0.1) is 15.3 Å². The molecule has 0 spiro atoms. The van der Waals surface area contributed by atoms with Crippen LogP contribution in [0.25, 0.3) is 0 Å². The Balaban J connectivity index is 0.000000377. The van der Waals surface area contributed by atoms with Crippen LogP contribution in [0.1, 0.15) is 0 Å². The molecule has 4 aromatic rings. The van der Waals surface area contributed by atoms with Gasteiger partial charge in [0.1, 0.15) is 0 Å². The minimum atomic E-state index is -5.84. The first-order valence-corrected chi connectivity index (χ1v) is 9.84. The fourth-order valence-electron chi connectivity index (χ4n) is 3.04. The van der Waals surface area contributed by atoms with E-state index in [0.717, 1.165) is 22.4 Å². The summed E-state index contributed by atoms with van der Waals surface area (Å²) in [7, 11) is -5.84. The molecule has 4 heterocycles. The maximum atomic E-state index is 10.7. The number of H-pyrrole nitrogens is 4. The molecular formula is C13H13BF3N9O6PdS-2. The van der Waals surface area contributed by atoms with Gasteiger partial charge < -0.3 is 35.7 Å². The first-order chi connectivity index (χ1) is 15.4. The van der Waals surface area contributed by atoms with Gasteiger partial charge in [0.2, 0.25) is 0 Å². The second kappa shape index (κ2) is 11.6. The Morgan fingerprint density at radius 2 is 1.00 bits per heavy atom. The Kier molecular flexibility index (Phi) is 9.68. The molecule has 21 heteroatoms. The Morgan fingerprint density at radius 1 is 0.794 bits per heavy atom. The molecule has 0 unspecified atom stereocenters. The fraction of sp³-hybridized carbons (Fsp3) is 0.0769. The largest absolute Gasteiger partial charge is 0.522 e. The van der Waals surface area contributed by atoms with Gasteiger partial charge in [-0.25, -0.2) is 0 Å². The molecule has 0 bridgehead atoms. The zero-order valence-electron chi connectivity index (χ0n) is 16.3. The number of hydrogen-bond acceptors (Lipinski definition) is 9. The Hall–Kier alpha value is -3.53. The molecule has 0 aliphatic carbocycles. The van der Waals surface area contributed by atoms with E-state index < -0.39 is 26.9 Å². The predicted molar refractivity (Wildman–Crippen MR) is 107 cm³/mol. The van der Waals surface area contributed by atoms with Crippen molar-refractivity contribution >= 4 is 38.6 Å². The van der Waals surface area contributed by atoms with E-state index in [1.165, 1.54) is 0 Å².